The van der Waals surface area contributed by atoms with Gasteiger partial charge in [-0.15, -0.1) is 0 Å². The first-order valence-electron chi connectivity index (χ1n) is 11.3. The smallest absolute Gasteiger partial charge is 0.251 e. The lowest BCUT2D eigenvalue weighted by Crippen LogP contribution is -2.44. The van der Waals surface area contributed by atoms with Gasteiger partial charge < -0.3 is 19.7 Å². The summed E-state index contributed by atoms with van der Waals surface area (Å²) in [7, 11) is 0. The van der Waals surface area contributed by atoms with Crippen LogP contribution in [-0.2, 0) is 0 Å². The molecule has 1 saturated heterocycles. The number of ether oxygens (including phenoxy) is 2. The lowest BCUT2D eigenvalue weighted by Gasteiger charge is -2.32. The maximum atomic E-state index is 12.8. The number of amides is 1. The number of rotatable bonds is 8. The van der Waals surface area contributed by atoms with Crippen LogP contribution in [0.3, 0.4) is 0 Å². The maximum Gasteiger partial charge on any atom is 0.251 e. The molecule has 2 heterocycles. The third-order valence-electron chi connectivity index (χ3n) is 5.68. The van der Waals surface area contributed by atoms with Gasteiger partial charge in [-0.25, -0.2) is 0 Å². The van der Waals surface area contributed by atoms with Crippen molar-refractivity contribution in [2.75, 3.05) is 31.2 Å². The first-order chi connectivity index (χ1) is 16.1. The molecule has 4 rings (SSSR count). The highest BCUT2D eigenvalue weighted by Crippen LogP contribution is 2.29. The number of carbonyl (C=O) groups excluding carboxylic acids is 1. The first-order valence-corrected chi connectivity index (χ1v) is 11.7. The standard InChI is InChI=1S/C25H29ClN4O3/c1-3-32-22-10-7-18(15-23(22)33-4-2)25(31)27-20-11-13-30(14-12-20)24-16-21(28-29-24)17-5-8-19(26)9-6-17/h5-10,15-16,20H,3-4,11-14H2,1-2H3,(H,27,31)(H,28,29). The summed E-state index contributed by atoms with van der Waals surface area (Å²) in [6, 6.07) is 15.2. The number of aromatic amines is 1. The molecule has 8 heteroatoms. The number of H-pyrrole nitrogens is 1. The highest BCUT2D eigenvalue weighted by molar-refractivity contribution is 6.30. The van der Waals surface area contributed by atoms with Crippen LogP contribution in [-0.4, -0.2) is 48.4 Å². The summed E-state index contributed by atoms with van der Waals surface area (Å²) < 4.78 is 11.2. The molecule has 0 aliphatic carbocycles. The number of nitrogens with one attached hydrogen (secondary N) is 2. The Labute approximate surface area is 199 Å². The summed E-state index contributed by atoms with van der Waals surface area (Å²) in [6.45, 7) is 6.53. The summed E-state index contributed by atoms with van der Waals surface area (Å²) in [4.78, 5) is 15.1. The Hall–Kier alpha value is -3.19. The molecule has 0 radical (unpaired) electrons. The Morgan fingerprint density at radius 2 is 1.76 bits per heavy atom. The number of piperidine rings is 1. The number of anilines is 1. The number of halogens is 1. The first kappa shape index (κ1) is 23.0. The van der Waals surface area contributed by atoms with Crippen LogP contribution in [0.25, 0.3) is 11.3 Å². The van der Waals surface area contributed by atoms with E-state index in [2.05, 4.69) is 26.5 Å². The van der Waals surface area contributed by atoms with E-state index in [1.807, 2.05) is 38.1 Å². The summed E-state index contributed by atoms with van der Waals surface area (Å²) in [5, 5.41) is 11.5. The molecule has 0 bridgehead atoms. The van der Waals surface area contributed by atoms with Crippen LogP contribution < -0.4 is 19.7 Å². The van der Waals surface area contributed by atoms with E-state index in [0.717, 1.165) is 43.0 Å². The van der Waals surface area contributed by atoms with E-state index < -0.39 is 0 Å². The van der Waals surface area contributed by atoms with Crippen molar-refractivity contribution >= 4 is 23.3 Å². The van der Waals surface area contributed by atoms with Gasteiger partial charge in [-0.1, -0.05) is 23.7 Å². The van der Waals surface area contributed by atoms with Gasteiger partial charge in [0.05, 0.1) is 18.9 Å². The average molecular weight is 469 g/mol. The molecular weight excluding hydrogens is 440 g/mol. The van der Waals surface area contributed by atoms with Gasteiger partial charge in [-0.05, 0) is 62.6 Å². The fraction of sp³-hybridized carbons (Fsp3) is 0.360. The lowest BCUT2D eigenvalue weighted by atomic mass is 10.0. The molecule has 1 aliphatic heterocycles. The zero-order chi connectivity index (χ0) is 23.2. The highest BCUT2D eigenvalue weighted by Gasteiger charge is 2.23. The zero-order valence-electron chi connectivity index (χ0n) is 18.9. The van der Waals surface area contributed by atoms with E-state index in [-0.39, 0.29) is 11.9 Å². The summed E-state index contributed by atoms with van der Waals surface area (Å²) >= 11 is 5.98. The molecule has 0 spiro atoms. The van der Waals surface area contributed by atoms with Crippen LogP contribution in [0.15, 0.2) is 48.5 Å². The number of hydrogen-bond acceptors (Lipinski definition) is 5. The molecule has 3 aromatic rings. The summed E-state index contributed by atoms with van der Waals surface area (Å²) in [5.74, 6) is 2.07. The van der Waals surface area contributed by atoms with E-state index in [1.54, 1.807) is 18.2 Å². The Morgan fingerprint density at radius 1 is 1.06 bits per heavy atom. The van der Waals surface area contributed by atoms with E-state index in [0.29, 0.717) is 35.3 Å². The van der Waals surface area contributed by atoms with E-state index in [4.69, 9.17) is 21.1 Å². The third-order valence-corrected chi connectivity index (χ3v) is 5.93. The van der Waals surface area contributed by atoms with Crippen molar-refractivity contribution in [2.45, 2.75) is 32.7 Å². The quantitative estimate of drug-likeness (QED) is 0.490. The predicted molar refractivity (Wildman–Crippen MR) is 131 cm³/mol. The second-order valence-electron chi connectivity index (χ2n) is 7.91. The molecule has 0 atom stereocenters. The van der Waals surface area contributed by atoms with Gasteiger partial charge in [0.25, 0.3) is 5.91 Å². The fourth-order valence-electron chi connectivity index (χ4n) is 3.96. The largest absolute Gasteiger partial charge is 0.490 e. The van der Waals surface area contributed by atoms with Crippen LogP contribution in [0.2, 0.25) is 5.02 Å². The lowest BCUT2D eigenvalue weighted by molar-refractivity contribution is 0.0930. The molecular formula is C25H29ClN4O3. The minimum absolute atomic E-state index is 0.0951. The molecule has 1 aromatic heterocycles. The second kappa shape index (κ2) is 10.6. The van der Waals surface area contributed by atoms with Crippen LogP contribution in [0, 0.1) is 0 Å². The van der Waals surface area contributed by atoms with Crippen LogP contribution in [0.4, 0.5) is 5.82 Å². The van der Waals surface area contributed by atoms with Crippen LogP contribution >= 0.6 is 11.6 Å². The van der Waals surface area contributed by atoms with Crippen molar-refractivity contribution in [1.29, 1.82) is 0 Å². The number of aromatic nitrogens is 2. The Morgan fingerprint density at radius 3 is 2.45 bits per heavy atom. The molecule has 174 valence electrons. The van der Waals surface area contributed by atoms with Gasteiger partial charge >= 0.3 is 0 Å². The van der Waals surface area contributed by atoms with Gasteiger partial charge in [0.2, 0.25) is 0 Å². The zero-order valence-corrected chi connectivity index (χ0v) is 19.7. The number of benzene rings is 2. The van der Waals surface area contributed by atoms with Crippen molar-refractivity contribution in [1.82, 2.24) is 15.5 Å². The molecule has 33 heavy (non-hydrogen) atoms. The molecule has 1 amide bonds. The molecule has 1 fully saturated rings. The number of nitrogens with zero attached hydrogens (tertiary/aromatic N) is 2. The summed E-state index contributed by atoms with van der Waals surface area (Å²) in [6.07, 6.45) is 1.70. The second-order valence-corrected chi connectivity index (χ2v) is 8.35. The van der Waals surface area contributed by atoms with Crippen molar-refractivity contribution in [3.63, 3.8) is 0 Å². The summed E-state index contributed by atoms with van der Waals surface area (Å²) in [5.41, 5.74) is 2.57. The van der Waals surface area contributed by atoms with Gasteiger partial charge in [0, 0.05) is 35.8 Å². The normalized spacial score (nSPS) is 14.2. The minimum atomic E-state index is -0.0951. The molecule has 2 aromatic carbocycles. The van der Waals surface area contributed by atoms with Crippen molar-refractivity contribution in [3.8, 4) is 22.8 Å². The molecule has 1 aliphatic rings. The monoisotopic (exact) mass is 468 g/mol. The Bertz CT molecular complexity index is 1080. The van der Waals surface area contributed by atoms with Gasteiger partial charge in [0.15, 0.2) is 17.3 Å². The molecule has 7 nitrogen and oxygen atoms in total. The molecule has 0 saturated carbocycles. The maximum absolute atomic E-state index is 12.8. The Balaban J connectivity index is 1.33. The number of hydrogen-bond donors (Lipinski definition) is 2. The topological polar surface area (TPSA) is 79.5 Å². The van der Waals surface area contributed by atoms with Crippen LogP contribution in [0.5, 0.6) is 11.5 Å². The predicted octanol–water partition coefficient (Wildman–Crippen LogP) is 4.93. The van der Waals surface area contributed by atoms with E-state index in [9.17, 15) is 4.79 Å². The fourth-order valence-corrected chi connectivity index (χ4v) is 4.09. The molecule has 0 unspecified atom stereocenters. The van der Waals surface area contributed by atoms with E-state index >= 15 is 0 Å². The van der Waals surface area contributed by atoms with Gasteiger partial charge in [-0.2, -0.15) is 5.10 Å². The van der Waals surface area contributed by atoms with Crippen molar-refractivity contribution in [3.05, 3.63) is 59.1 Å². The van der Waals surface area contributed by atoms with Gasteiger partial charge in [0.1, 0.15) is 0 Å². The van der Waals surface area contributed by atoms with Crippen molar-refractivity contribution in [2.24, 2.45) is 0 Å². The number of carbonyl (C=O) groups is 1. The Kier molecular flexibility index (Phi) is 7.40. The van der Waals surface area contributed by atoms with Gasteiger partial charge in [-0.3, -0.25) is 9.89 Å². The van der Waals surface area contributed by atoms with Crippen LogP contribution in [0.1, 0.15) is 37.0 Å². The average Bonchev–Trinajstić information content (AvgIpc) is 3.32. The highest BCUT2D eigenvalue weighted by atomic mass is 35.5. The molecule has 2 N–H and O–H groups in total. The SMILES string of the molecule is CCOc1ccc(C(=O)NC2CCN(c3cc(-c4ccc(Cl)cc4)[nH]n3)CC2)cc1OCC. The van der Waals surface area contributed by atoms with E-state index in [1.165, 1.54) is 0 Å². The van der Waals surface area contributed by atoms with Crippen molar-refractivity contribution < 1.29 is 14.3 Å². The third kappa shape index (κ3) is 5.60. The minimum Gasteiger partial charge on any atom is -0.490 e.